The average Bonchev–Trinajstić information content (AvgIpc) is 2.66. The van der Waals surface area contributed by atoms with E-state index in [4.69, 9.17) is 37.4 Å². The summed E-state index contributed by atoms with van der Waals surface area (Å²) in [4.78, 5) is 0. The topological polar surface area (TPSA) is 68.2 Å². The van der Waals surface area contributed by atoms with E-state index in [-0.39, 0.29) is 25.0 Å². The Morgan fingerprint density at radius 1 is 0.640 bits per heavy atom. The third-order valence-electron chi connectivity index (χ3n) is 3.12. The molecule has 0 heterocycles. The fourth-order valence-corrected chi connectivity index (χ4v) is 2.00. The second-order valence-corrected chi connectivity index (χ2v) is 5.90. The van der Waals surface area contributed by atoms with E-state index in [0.29, 0.717) is 23.0 Å². The normalized spacial score (nSPS) is 13.1. The summed E-state index contributed by atoms with van der Waals surface area (Å²) in [6.07, 6.45) is -1.38. The van der Waals surface area contributed by atoms with Crippen LogP contribution in [0.5, 0.6) is 23.0 Å². The Labute approximate surface area is 156 Å². The molecule has 0 aliphatic carbocycles. The van der Waals surface area contributed by atoms with Crippen LogP contribution in [0.4, 0.5) is 0 Å². The van der Waals surface area contributed by atoms with Crippen LogP contribution in [0, 0.1) is 0 Å². The lowest BCUT2D eigenvalue weighted by Gasteiger charge is -2.11. The highest BCUT2D eigenvalue weighted by Crippen LogP contribution is 2.25. The molecule has 0 aromatic heterocycles. The molecule has 0 saturated heterocycles. The first-order valence-electron chi connectivity index (χ1n) is 7.72. The van der Waals surface area contributed by atoms with E-state index in [1.165, 1.54) is 0 Å². The summed E-state index contributed by atoms with van der Waals surface area (Å²) in [7, 11) is 0. The largest absolute Gasteiger partial charge is 0.491 e. The van der Waals surface area contributed by atoms with Gasteiger partial charge in [-0.15, -0.1) is 23.2 Å². The van der Waals surface area contributed by atoms with Crippen LogP contribution in [0.15, 0.2) is 48.5 Å². The van der Waals surface area contributed by atoms with Crippen molar-refractivity contribution in [3.05, 3.63) is 48.5 Å². The molecule has 0 aliphatic heterocycles. The third-order valence-corrected chi connectivity index (χ3v) is 3.84. The molecule has 0 bridgehead atoms. The standard InChI is InChI=1S/C18H20Cl2O5/c19-9-13(21)11-23-15-1-5-17(6-2-15)25-18-7-3-16(4-8-18)24-12-14(22)10-20/h1-8,13-14,21-22H,9-12H2. The molecule has 0 radical (unpaired) electrons. The molecule has 2 aromatic carbocycles. The predicted molar refractivity (Wildman–Crippen MR) is 97.4 cm³/mol. The summed E-state index contributed by atoms with van der Waals surface area (Å²) < 4.78 is 16.5. The van der Waals surface area contributed by atoms with Crippen molar-refractivity contribution in [2.24, 2.45) is 0 Å². The molecule has 25 heavy (non-hydrogen) atoms. The van der Waals surface area contributed by atoms with Crippen LogP contribution in [0.3, 0.4) is 0 Å². The van der Waals surface area contributed by atoms with Crippen molar-refractivity contribution in [1.29, 1.82) is 0 Å². The number of aliphatic hydroxyl groups excluding tert-OH is 2. The number of benzene rings is 2. The lowest BCUT2D eigenvalue weighted by molar-refractivity contribution is 0.125. The smallest absolute Gasteiger partial charge is 0.127 e. The number of halogens is 2. The van der Waals surface area contributed by atoms with Gasteiger partial charge in [-0.3, -0.25) is 0 Å². The van der Waals surface area contributed by atoms with Gasteiger partial charge in [-0.25, -0.2) is 0 Å². The molecule has 2 atom stereocenters. The first-order chi connectivity index (χ1) is 12.1. The van der Waals surface area contributed by atoms with E-state index in [1.807, 2.05) is 0 Å². The van der Waals surface area contributed by atoms with Crippen LogP contribution in [0.1, 0.15) is 0 Å². The van der Waals surface area contributed by atoms with Gasteiger partial charge in [0.05, 0.1) is 11.8 Å². The molecule has 2 unspecified atom stereocenters. The van der Waals surface area contributed by atoms with Gasteiger partial charge in [-0.05, 0) is 48.5 Å². The van der Waals surface area contributed by atoms with E-state index in [0.717, 1.165) is 0 Å². The van der Waals surface area contributed by atoms with Gasteiger partial charge in [0.25, 0.3) is 0 Å². The fraction of sp³-hybridized carbons (Fsp3) is 0.333. The van der Waals surface area contributed by atoms with Crippen LogP contribution in [0.2, 0.25) is 0 Å². The number of hydrogen-bond acceptors (Lipinski definition) is 5. The van der Waals surface area contributed by atoms with E-state index in [2.05, 4.69) is 0 Å². The second kappa shape index (κ2) is 10.4. The Morgan fingerprint density at radius 2 is 0.960 bits per heavy atom. The maximum Gasteiger partial charge on any atom is 0.127 e. The minimum atomic E-state index is -0.691. The lowest BCUT2D eigenvalue weighted by atomic mass is 10.3. The summed E-state index contributed by atoms with van der Waals surface area (Å²) in [5.74, 6) is 2.81. The summed E-state index contributed by atoms with van der Waals surface area (Å²) in [6, 6.07) is 14.1. The Balaban J connectivity index is 1.85. The maximum atomic E-state index is 9.36. The van der Waals surface area contributed by atoms with Gasteiger partial charge in [0.1, 0.15) is 48.4 Å². The van der Waals surface area contributed by atoms with Gasteiger partial charge in [0.15, 0.2) is 0 Å². The van der Waals surface area contributed by atoms with Crippen molar-refractivity contribution in [2.45, 2.75) is 12.2 Å². The van der Waals surface area contributed by atoms with Gasteiger partial charge < -0.3 is 24.4 Å². The Kier molecular flexibility index (Phi) is 8.15. The second-order valence-electron chi connectivity index (χ2n) is 5.28. The highest BCUT2D eigenvalue weighted by molar-refractivity contribution is 6.18. The Hall–Kier alpha value is -1.66. The summed E-state index contributed by atoms with van der Waals surface area (Å²) >= 11 is 11.0. The Morgan fingerprint density at radius 3 is 1.28 bits per heavy atom. The lowest BCUT2D eigenvalue weighted by Crippen LogP contribution is -2.18. The van der Waals surface area contributed by atoms with Crippen molar-refractivity contribution in [3.8, 4) is 23.0 Å². The van der Waals surface area contributed by atoms with Crippen LogP contribution < -0.4 is 14.2 Å². The molecular weight excluding hydrogens is 367 g/mol. The fourth-order valence-electron chi connectivity index (χ4n) is 1.82. The minimum absolute atomic E-state index is 0.131. The van der Waals surface area contributed by atoms with Crippen molar-refractivity contribution in [3.63, 3.8) is 0 Å². The molecule has 0 spiro atoms. The molecule has 0 amide bonds. The molecule has 2 N–H and O–H groups in total. The van der Waals surface area contributed by atoms with Crippen molar-refractivity contribution in [2.75, 3.05) is 25.0 Å². The SMILES string of the molecule is OC(CCl)COc1ccc(Oc2ccc(OCC(O)CCl)cc2)cc1. The highest BCUT2D eigenvalue weighted by Gasteiger charge is 2.05. The zero-order valence-electron chi connectivity index (χ0n) is 13.5. The minimum Gasteiger partial charge on any atom is -0.491 e. The first kappa shape index (κ1) is 19.7. The maximum absolute atomic E-state index is 9.36. The molecule has 2 aromatic rings. The molecule has 0 aliphatic rings. The summed E-state index contributed by atoms with van der Waals surface area (Å²) in [5.41, 5.74) is 0. The quantitative estimate of drug-likeness (QED) is 0.612. The molecule has 0 fully saturated rings. The van der Waals surface area contributed by atoms with Crippen molar-refractivity contribution >= 4 is 23.2 Å². The average molecular weight is 387 g/mol. The number of alkyl halides is 2. The molecule has 136 valence electrons. The molecule has 5 nitrogen and oxygen atoms in total. The van der Waals surface area contributed by atoms with Crippen LogP contribution >= 0.6 is 23.2 Å². The molecule has 2 rings (SSSR count). The number of aliphatic hydroxyl groups is 2. The van der Waals surface area contributed by atoms with Gasteiger partial charge in [-0.1, -0.05) is 0 Å². The van der Waals surface area contributed by atoms with E-state index in [1.54, 1.807) is 48.5 Å². The first-order valence-corrected chi connectivity index (χ1v) is 8.79. The van der Waals surface area contributed by atoms with Gasteiger partial charge in [0, 0.05) is 0 Å². The number of ether oxygens (including phenoxy) is 3. The monoisotopic (exact) mass is 386 g/mol. The summed E-state index contributed by atoms with van der Waals surface area (Å²) in [6.45, 7) is 0.285. The van der Waals surface area contributed by atoms with Crippen LogP contribution in [-0.2, 0) is 0 Å². The van der Waals surface area contributed by atoms with Crippen molar-refractivity contribution < 1.29 is 24.4 Å². The molecule has 0 saturated carbocycles. The number of hydrogen-bond donors (Lipinski definition) is 2. The van der Waals surface area contributed by atoms with Crippen LogP contribution in [0.25, 0.3) is 0 Å². The highest BCUT2D eigenvalue weighted by atomic mass is 35.5. The predicted octanol–water partition coefficient (Wildman–Crippen LogP) is 3.44. The third kappa shape index (κ3) is 7.00. The van der Waals surface area contributed by atoms with Gasteiger partial charge >= 0.3 is 0 Å². The van der Waals surface area contributed by atoms with Gasteiger partial charge in [-0.2, -0.15) is 0 Å². The molecule has 7 heteroatoms. The van der Waals surface area contributed by atoms with E-state index < -0.39 is 12.2 Å². The zero-order valence-corrected chi connectivity index (χ0v) is 15.0. The molecular formula is C18H20Cl2O5. The van der Waals surface area contributed by atoms with Crippen molar-refractivity contribution in [1.82, 2.24) is 0 Å². The number of rotatable bonds is 10. The summed E-state index contributed by atoms with van der Waals surface area (Å²) in [5, 5.41) is 18.7. The van der Waals surface area contributed by atoms with Gasteiger partial charge in [0.2, 0.25) is 0 Å². The van der Waals surface area contributed by atoms with E-state index >= 15 is 0 Å². The van der Waals surface area contributed by atoms with Crippen LogP contribution in [-0.4, -0.2) is 47.4 Å². The van der Waals surface area contributed by atoms with E-state index in [9.17, 15) is 10.2 Å². The zero-order chi connectivity index (χ0) is 18.1. The Bertz CT molecular complexity index is 563.